The molecule has 1 heterocycles. The Morgan fingerprint density at radius 2 is 1.19 bits per heavy atom. The molecule has 0 radical (unpaired) electrons. The monoisotopic (exact) mass is 374 g/mol. The summed E-state index contributed by atoms with van der Waals surface area (Å²) >= 11 is 0. The van der Waals surface area contributed by atoms with Crippen LogP contribution in [0, 0.1) is 0 Å². The van der Waals surface area contributed by atoms with Gasteiger partial charge in [0.2, 0.25) is 0 Å². The maximum atomic E-state index is 2.60. The molecule has 0 unspecified atom stereocenters. The zero-order valence-electron chi connectivity index (χ0n) is 16.0. The van der Waals surface area contributed by atoms with Crippen LogP contribution in [-0.4, -0.2) is 43.0 Å². The first-order chi connectivity index (χ1) is 13.3. The summed E-state index contributed by atoms with van der Waals surface area (Å²) < 4.78 is 0. The Bertz CT molecular complexity index is 803. The van der Waals surface area contributed by atoms with Crippen LogP contribution in [0.15, 0.2) is 84.9 Å². The summed E-state index contributed by atoms with van der Waals surface area (Å²) in [4.78, 5) is 5.02. The van der Waals surface area contributed by atoms with Crippen molar-refractivity contribution >= 4 is 23.8 Å². The van der Waals surface area contributed by atoms with E-state index in [0.717, 1.165) is 32.7 Å². The van der Waals surface area contributed by atoms with Gasteiger partial charge in [-0.15, -0.1) is 0 Å². The number of nitrogens with zero attached hydrogens (tertiary/aromatic N) is 2. The van der Waals surface area contributed by atoms with Crippen LogP contribution < -0.4 is 15.9 Å². The molecule has 3 heteroatoms. The molecule has 1 aliphatic heterocycles. The third-order valence-electron chi connectivity index (χ3n) is 5.25. The Morgan fingerprint density at radius 1 is 0.667 bits per heavy atom. The van der Waals surface area contributed by atoms with Crippen LogP contribution in [0.1, 0.15) is 5.56 Å². The normalized spacial score (nSPS) is 15.9. The van der Waals surface area contributed by atoms with Gasteiger partial charge >= 0.3 is 0 Å². The van der Waals surface area contributed by atoms with E-state index in [-0.39, 0.29) is 0 Å². The Hall–Kier alpha value is -1.99. The summed E-state index contributed by atoms with van der Waals surface area (Å²) in [5, 5.41) is 4.33. The first-order valence-electron chi connectivity index (χ1n) is 9.70. The van der Waals surface area contributed by atoms with Crippen molar-refractivity contribution in [2.24, 2.45) is 0 Å². The van der Waals surface area contributed by atoms with Crippen molar-refractivity contribution in [3.63, 3.8) is 0 Å². The standard InChI is InChI=1S/C24H27N2P/c1-25-16-18-26(19-17-25)20-21-10-8-9-15-24(21)27(22-11-4-2-5-12-22)23-13-6-3-7-14-23/h2-15H,16-20H2,1H3. The fourth-order valence-corrected chi connectivity index (χ4v) is 6.15. The predicted octanol–water partition coefficient (Wildman–Crippen LogP) is 3.19. The molecule has 0 aromatic heterocycles. The molecule has 3 aromatic rings. The number of hydrogen-bond acceptors (Lipinski definition) is 2. The molecule has 0 amide bonds. The van der Waals surface area contributed by atoms with E-state index < -0.39 is 7.92 Å². The number of hydrogen-bond donors (Lipinski definition) is 0. The minimum absolute atomic E-state index is 0.540. The molecule has 1 fully saturated rings. The van der Waals surface area contributed by atoms with E-state index in [0.29, 0.717) is 0 Å². The van der Waals surface area contributed by atoms with Crippen molar-refractivity contribution in [1.29, 1.82) is 0 Å². The molecule has 27 heavy (non-hydrogen) atoms. The lowest BCUT2D eigenvalue weighted by Crippen LogP contribution is -2.44. The topological polar surface area (TPSA) is 6.48 Å². The zero-order chi connectivity index (χ0) is 18.5. The van der Waals surface area contributed by atoms with Crippen molar-refractivity contribution in [3.05, 3.63) is 90.5 Å². The molecule has 1 saturated heterocycles. The number of piperazine rings is 1. The Kier molecular flexibility index (Phi) is 5.99. The second-order valence-corrected chi connectivity index (χ2v) is 9.40. The van der Waals surface area contributed by atoms with Crippen molar-refractivity contribution in [3.8, 4) is 0 Å². The number of benzene rings is 3. The zero-order valence-corrected chi connectivity index (χ0v) is 16.9. The first-order valence-corrected chi connectivity index (χ1v) is 11.0. The van der Waals surface area contributed by atoms with E-state index in [1.807, 2.05) is 0 Å². The lowest BCUT2D eigenvalue weighted by molar-refractivity contribution is 0.148. The highest BCUT2D eigenvalue weighted by atomic mass is 31.1. The second-order valence-electron chi connectivity index (χ2n) is 7.21. The van der Waals surface area contributed by atoms with Gasteiger partial charge < -0.3 is 4.90 Å². The lowest BCUT2D eigenvalue weighted by Gasteiger charge is -2.33. The molecule has 0 spiro atoms. The van der Waals surface area contributed by atoms with E-state index in [1.54, 1.807) is 0 Å². The van der Waals surface area contributed by atoms with Crippen LogP contribution in [0.25, 0.3) is 0 Å². The lowest BCUT2D eigenvalue weighted by atomic mass is 10.2. The maximum Gasteiger partial charge on any atom is 0.0241 e. The summed E-state index contributed by atoms with van der Waals surface area (Å²) in [6.07, 6.45) is 0. The highest BCUT2D eigenvalue weighted by molar-refractivity contribution is 7.79. The largest absolute Gasteiger partial charge is 0.304 e. The van der Waals surface area contributed by atoms with E-state index in [9.17, 15) is 0 Å². The molecule has 0 atom stereocenters. The van der Waals surface area contributed by atoms with E-state index in [4.69, 9.17) is 0 Å². The fraction of sp³-hybridized carbons (Fsp3) is 0.250. The van der Waals surface area contributed by atoms with Gasteiger partial charge in [0.15, 0.2) is 0 Å². The van der Waals surface area contributed by atoms with Crippen LogP contribution in [0.2, 0.25) is 0 Å². The summed E-state index contributed by atoms with van der Waals surface area (Å²) in [7, 11) is 1.68. The van der Waals surface area contributed by atoms with Crippen molar-refractivity contribution in [2.75, 3.05) is 33.2 Å². The molecule has 138 valence electrons. The molecule has 4 rings (SSSR count). The van der Waals surface area contributed by atoms with Crippen molar-refractivity contribution < 1.29 is 0 Å². The fourth-order valence-electron chi connectivity index (χ4n) is 3.69. The molecule has 0 bridgehead atoms. The van der Waals surface area contributed by atoms with Crippen LogP contribution in [-0.2, 0) is 6.54 Å². The van der Waals surface area contributed by atoms with Crippen LogP contribution in [0.3, 0.4) is 0 Å². The number of likely N-dealkylation sites (N-methyl/N-ethyl adjacent to an activating group) is 1. The Balaban J connectivity index is 1.70. The molecule has 3 aromatic carbocycles. The van der Waals surface area contributed by atoms with Gasteiger partial charge in [0.1, 0.15) is 0 Å². The van der Waals surface area contributed by atoms with Gasteiger partial charge in [0.25, 0.3) is 0 Å². The van der Waals surface area contributed by atoms with Gasteiger partial charge in [0.05, 0.1) is 0 Å². The molecular weight excluding hydrogens is 347 g/mol. The molecule has 2 nitrogen and oxygen atoms in total. The summed E-state index contributed by atoms with van der Waals surface area (Å²) in [5.74, 6) is 0. The van der Waals surface area contributed by atoms with Gasteiger partial charge in [-0.3, -0.25) is 4.90 Å². The SMILES string of the molecule is CN1CCN(Cc2ccccc2P(c2ccccc2)c2ccccc2)CC1. The van der Waals surface area contributed by atoms with E-state index in [1.165, 1.54) is 21.5 Å². The maximum absolute atomic E-state index is 2.60. The quantitative estimate of drug-likeness (QED) is 0.633. The molecule has 0 N–H and O–H groups in total. The third-order valence-corrected chi connectivity index (χ3v) is 7.80. The van der Waals surface area contributed by atoms with Gasteiger partial charge in [-0.2, -0.15) is 0 Å². The van der Waals surface area contributed by atoms with Crippen LogP contribution >= 0.6 is 7.92 Å². The average molecular weight is 374 g/mol. The minimum atomic E-state index is -0.540. The van der Waals surface area contributed by atoms with Gasteiger partial charge in [0, 0.05) is 32.7 Å². The smallest absolute Gasteiger partial charge is 0.0241 e. The van der Waals surface area contributed by atoms with E-state index >= 15 is 0 Å². The van der Waals surface area contributed by atoms with Crippen molar-refractivity contribution in [1.82, 2.24) is 9.80 Å². The van der Waals surface area contributed by atoms with Gasteiger partial charge in [-0.1, -0.05) is 84.9 Å². The predicted molar refractivity (Wildman–Crippen MR) is 118 cm³/mol. The highest BCUT2D eigenvalue weighted by Gasteiger charge is 2.21. The van der Waals surface area contributed by atoms with Gasteiger partial charge in [-0.25, -0.2) is 0 Å². The van der Waals surface area contributed by atoms with Crippen LogP contribution in [0.4, 0.5) is 0 Å². The Morgan fingerprint density at radius 3 is 1.78 bits per heavy atom. The summed E-state index contributed by atoms with van der Waals surface area (Å²) in [5.41, 5.74) is 1.47. The third kappa shape index (κ3) is 4.47. The van der Waals surface area contributed by atoms with E-state index in [2.05, 4.69) is 102 Å². The molecule has 1 aliphatic rings. The first kappa shape index (κ1) is 18.4. The summed E-state index contributed by atoms with van der Waals surface area (Å²) in [6.45, 7) is 5.67. The minimum Gasteiger partial charge on any atom is -0.304 e. The second kappa shape index (κ2) is 8.80. The average Bonchev–Trinajstić information content (AvgIpc) is 2.73. The molecule has 0 aliphatic carbocycles. The molecular formula is C24H27N2P. The number of rotatable bonds is 5. The van der Waals surface area contributed by atoms with Crippen LogP contribution in [0.5, 0.6) is 0 Å². The highest BCUT2D eigenvalue weighted by Crippen LogP contribution is 2.34. The molecule has 0 saturated carbocycles. The van der Waals surface area contributed by atoms with Gasteiger partial charge in [-0.05, 0) is 36.4 Å². The van der Waals surface area contributed by atoms with Crippen molar-refractivity contribution in [2.45, 2.75) is 6.54 Å². The summed E-state index contributed by atoms with van der Waals surface area (Å²) in [6, 6.07) is 31.1. The Labute approximate surface area is 164 Å².